The summed E-state index contributed by atoms with van der Waals surface area (Å²) in [5.41, 5.74) is 0. The van der Waals surface area contributed by atoms with Crippen molar-refractivity contribution in [2.45, 2.75) is 116 Å². The van der Waals surface area contributed by atoms with E-state index in [1.807, 2.05) is 0 Å². The van der Waals surface area contributed by atoms with Crippen LogP contribution in [0.3, 0.4) is 0 Å². The first-order chi connectivity index (χ1) is 13.8. The van der Waals surface area contributed by atoms with E-state index in [4.69, 9.17) is 24.4 Å². The largest absolute Gasteiger partial charge is 0.466 e. The summed E-state index contributed by atoms with van der Waals surface area (Å²) in [4.78, 5) is 21.6. The van der Waals surface area contributed by atoms with Crippen molar-refractivity contribution < 1.29 is 29.5 Å². The van der Waals surface area contributed by atoms with E-state index in [9.17, 15) is 5.11 Å². The van der Waals surface area contributed by atoms with E-state index in [0.717, 1.165) is 5.75 Å². The summed E-state index contributed by atoms with van der Waals surface area (Å²) in [5.74, 6) is 1.80. The quantitative estimate of drug-likeness (QED) is 0.122. The molecule has 0 aliphatic rings. The molecule has 1 atom stereocenters. The predicted molar refractivity (Wildman–Crippen MR) is 124 cm³/mol. The molecule has 0 rings (SSSR count). The molecule has 0 heterocycles. The van der Waals surface area contributed by atoms with Crippen LogP contribution in [0.5, 0.6) is 0 Å². The Morgan fingerprint density at radius 2 is 1.00 bits per heavy atom. The molecular weight excluding hydrogens is 411 g/mol. The fraction of sp³-hybridized carbons (Fsp3) is 1.00. The maximum atomic E-state index is 9.22. The second kappa shape index (κ2) is 24.6. The second-order valence-corrected chi connectivity index (χ2v) is 9.90. The van der Waals surface area contributed by atoms with Gasteiger partial charge in [-0.15, -0.1) is 0 Å². The molecule has 0 radical (unpaired) electrons. The van der Waals surface area contributed by atoms with Crippen LogP contribution in [0.15, 0.2) is 0 Å². The zero-order chi connectivity index (χ0) is 22.2. The minimum atomic E-state index is -4.64. The fourth-order valence-corrected chi connectivity index (χ4v) is 3.98. The summed E-state index contributed by atoms with van der Waals surface area (Å²) in [5, 5.41) is 17.9. The molecule has 0 spiro atoms. The Morgan fingerprint density at radius 1 is 0.690 bits per heavy atom. The Balaban J connectivity index is 0. The van der Waals surface area contributed by atoms with Crippen molar-refractivity contribution in [3.05, 3.63) is 0 Å². The van der Waals surface area contributed by atoms with Crippen molar-refractivity contribution in [2.24, 2.45) is 0 Å². The Kier molecular flexibility index (Phi) is 26.8. The van der Waals surface area contributed by atoms with Crippen LogP contribution in [0.1, 0.15) is 110 Å². The second-order valence-electron chi connectivity index (χ2n) is 7.73. The topological polar surface area (TPSA) is 118 Å². The minimum Gasteiger partial charge on any atom is -0.394 e. The molecule has 8 heteroatoms. The normalized spacial score (nSPS) is 12.5. The lowest BCUT2D eigenvalue weighted by Crippen LogP contribution is -2.14. The minimum absolute atomic E-state index is 0.105. The van der Waals surface area contributed by atoms with E-state index >= 15 is 0 Å². The van der Waals surface area contributed by atoms with Gasteiger partial charge in [0.2, 0.25) is 0 Å². The Morgan fingerprint density at radius 3 is 1.31 bits per heavy atom. The average Bonchev–Trinajstić information content (AvgIpc) is 2.65. The van der Waals surface area contributed by atoms with Crippen molar-refractivity contribution in [1.82, 2.24) is 0 Å². The van der Waals surface area contributed by atoms with Gasteiger partial charge >= 0.3 is 7.82 Å². The number of hydrogen-bond donors (Lipinski definition) is 5. The van der Waals surface area contributed by atoms with Crippen LogP contribution in [0.2, 0.25) is 0 Å². The lowest BCUT2D eigenvalue weighted by Gasteiger charge is -2.06. The van der Waals surface area contributed by atoms with Crippen LogP contribution < -0.4 is 0 Å². The van der Waals surface area contributed by atoms with E-state index in [0.29, 0.717) is 5.75 Å². The summed E-state index contributed by atoms with van der Waals surface area (Å²) in [6, 6.07) is 0. The molecule has 1 unspecified atom stereocenters. The van der Waals surface area contributed by atoms with Gasteiger partial charge in [-0.3, -0.25) is 0 Å². The third kappa shape index (κ3) is 39.4. The first-order valence-corrected chi connectivity index (χ1v) is 14.2. The van der Waals surface area contributed by atoms with Crippen LogP contribution in [0.4, 0.5) is 0 Å². The van der Waals surface area contributed by atoms with E-state index in [1.165, 1.54) is 103 Å². The van der Waals surface area contributed by atoms with Gasteiger partial charge in [0.1, 0.15) is 0 Å². The maximum Gasteiger partial charge on any atom is 0.466 e. The first-order valence-electron chi connectivity index (χ1n) is 11.5. The molecule has 0 bridgehead atoms. The monoisotopic (exact) mass is 458 g/mol. The Hall–Kier alpha value is 0.380. The van der Waals surface area contributed by atoms with Crippen LogP contribution in [-0.2, 0) is 4.57 Å². The number of rotatable bonds is 20. The van der Waals surface area contributed by atoms with Gasteiger partial charge in [-0.2, -0.15) is 11.8 Å². The third-order valence-corrected chi connectivity index (χ3v) is 5.86. The van der Waals surface area contributed by atoms with Crippen molar-refractivity contribution in [2.75, 3.05) is 18.1 Å². The number of phosphoric acid groups is 1. The molecule has 0 aromatic rings. The molecule has 0 aromatic carbocycles. The summed E-state index contributed by atoms with van der Waals surface area (Å²) in [6.45, 7) is 2.18. The molecular formula is C21H47O6PS. The van der Waals surface area contributed by atoms with E-state index in [1.54, 1.807) is 11.8 Å². The Labute approximate surface area is 183 Å². The maximum absolute atomic E-state index is 9.22. The number of aliphatic hydroxyl groups is 2. The highest BCUT2D eigenvalue weighted by molar-refractivity contribution is 7.99. The summed E-state index contributed by atoms with van der Waals surface area (Å²) >= 11 is 1.76. The van der Waals surface area contributed by atoms with Gasteiger partial charge in [-0.05, 0) is 12.2 Å². The molecule has 0 aromatic heterocycles. The van der Waals surface area contributed by atoms with Crippen molar-refractivity contribution in [1.29, 1.82) is 0 Å². The molecule has 0 saturated carbocycles. The van der Waals surface area contributed by atoms with Crippen molar-refractivity contribution in [3.63, 3.8) is 0 Å². The highest BCUT2D eigenvalue weighted by Crippen LogP contribution is 2.25. The summed E-state index contributed by atoms with van der Waals surface area (Å²) in [6.07, 6.45) is 22.0. The van der Waals surface area contributed by atoms with Gasteiger partial charge in [0.05, 0.1) is 12.7 Å². The third-order valence-electron chi connectivity index (χ3n) is 4.66. The van der Waals surface area contributed by atoms with E-state index < -0.39 is 13.9 Å². The Bertz CT molecular complexity index is 346. The van der Waals surface area contributed by atoms with Gasteiger partial charge < -0.3 is 24.9 Å². The SMILES string of the molecule is CCCCCCCCCCCCCCCCCCSCC(O)CO.O=P(O)(O)O. The lowest BCUT2D eigenvalue weighted by molar-refractivity contribution is 0.113. The fourth-order valence-electron chi connectivity index (χ4n) is 3.02. The van der Waals surface area contributed by atoms with Crippen molar-refractivity contribution >= 4 is 19.6 Å². The molecule has 6 nitrogen and oxygen atoms in total. The number of unbranched alkanes of at least 4 members (excludes halogenated alkanes) is 15. The van der Waals surface area contributed by atoms with Crippen LogP contribution in [0.25, 0.3) is 0 Å². The predicted octanol–water partition coefficient (Wildman–Crippen LogP) is 5.41. The van der Waals surface area contributed by atoms with Gasteiger partial charge in [-0.1, -0.05) is 103 Å². The molecule has 5 N–H and O–H groups in total. The standard InChI is InChI=1S/C21H44O2S.H3O4P/c1-2-3-4-5-6-7-8-9-10-11-12-13-14-15-16-17-18-24-20-21(23)19-22;1-5(2,3)4/h21-23H,2-20H2,1H3;(H3,1,2,3,4). The summed E-state index contributed by atoms with van der Waals surface area (Å²) in [7, 11) is -4.64. The molecule has 178 valence electrons. The van der Waals surface area contributed by atoms with Gasteiger partial charge in [0.15, 0.2) is 0 Å². The van der Waals surface area contributed by atoms with Crippen LogP contribution in [-0.4, -0.2) is 49.1 Å². The van der Waals surface area contributed by atoms with Crippen LogP contribution >= 0.6 is 19.6 Å². The van der Waals surface area contributed by atoms with Crippen LogP contribution in [0, 0.1) is 0 Å². The molecule has 29 heavy (non-hydrogen) atoms. The van der Waals surface area contributed by atoms with Crippen molar-refractivity contribution in [3.8, 4) is 0 Å². The zero-order valence-electron chi connectivity index (χ0n) is 18.5. The molecule has 0 aliphatic heterocycles. The highest BCUT2D eigenvalue weighted by atomic mass is 32.2. The number of hydrogen-bond acceptors (Lipinski definition) is 4. The van der Waals surface area contributed by atoms with Gasteiger partial charge in [0, 0.05) is 5.75 Å². The summed E-state index contributed by atoms with van der Waals surface area (Å²) < 4.78 is 8.88. The van der Waals surface area contributed by atoms with Gasteiger partial charge in [-0.25, -0.2) is 4.57 Å². The molecule has 0 fully saturated rings. The van der Waals surface area contributed by atoms with Gasteiger partial charge in [0.25, 0.3) is 0 Å². The number of thioether (sulfide) groups is 1. The first kappa shape index (κ1) is 31.6. The average molecular weight is 459 g/mol. The lowest BCUT2D eigenvalue weighted by atomic mass is 10.0. The molecule has 0 amide bonds. The number of aliphatic hydroxyl groups excluding tert-OH is 2. The highest BCUT2D eigenvalue weighted by Gasteiger charge is 2.01. The van der Waals surface area contributed by atoms with E-state index in [2.05, 4.69) is 6.92 Å². The van der Waals surface area contributed by atoms with E-state index in [-0.39, 0.29) is 6.61 Å². The molecule has 0 aliphatic carbocycles. The smallest absolute Gasteiger partial charge is 0.394 e. The molecule has 0 saturated heterocycles. The zero-order valence-corrected chi connectivity index (χ0v) is 20.2.